The van der Waals surface area contributed by atoms with Gasteiger partial charge in [-0.3, -0.25) is 24.0 Å². The van der Waals surface area contributed by atoms with E-state index in [4.69, 9.17) is 52.2 Å². The van der Waals surface area contributed by atoms with Gasteiger partial charge in [0, 0.05) is 37.2 Å². The van der Waals surface area contributed by atoms with E-state index in [2.05, 4.69) is 15.9 Å². The molecule has 0 amide bonds. The highest BCUT2D eigenvalue weighted by atomic mass is 79.9. The van der Waals surface area contributed by atoms with Crippen LogP contribution < -0.4 is 14.2 Å². The van der Waals surface area contributed by atoms with Crippen molar-refractivity contribution in [2.75, 3.05) is 52.6 Å². The molecule has 472 valence electrons. The van der Waals surface area contributed by atoms with Gasteiger partial charge in [-0.05, 0) is 206 Å². The fourth-order valence-electron chi connectivity index (χ4n) is 10.6. The highest BCUT2D eigenvalue weighted by Crippen LogP contribution is 2.52. The van der Waals surface area contributed by atoms with E-state index >= 15 is 0 Å². The lowest BCUT2D eigenvalue weighted by molar-refractivity contribution is -0.152. The van der Waals surface area contributed by atoms with Gasteiger partial charge in [0.15, 0.2) is 12.6 Å². The number of alkyl halides is 1. The average Bonchev–Trinajstić information content (AvgIpc) is 1.92. The van der Waals surface area contributed by atoms with Crippen molar-refractivity contribution in [1.82, 2.24) is 0 Å². The maximum atomic E-state index is 11.5. The third-order valence-electron chi connectivity index (χ3n) is 17.0. The zero-order chi connectivity index (χ0) is 63.7. The van der Waals surface area contributed by atoms with Gasteiger partial charge in [-0.25, -0.2) is 0 Å². The van der Waals surface area contributed by atoms with Gasteiger partial charge >= 0.3 is 17.9 Å². The number of ether oxygens (including phenoxy) is 7. The van der Waals surface area contributed by atoms with Crippen molar-refractivity contribution < 1.29 is 81.3 Å². The number of aliphatic carboxylic acids is 3. The fourth-order valence-corrected chi connectivity index (χ4v) is 11.0. The molecule has 0 saturated heterocycles. The maximum Gasteiger partial charge on any atom is 0.314 e. The Kier molecular flexibility index (Phi) is 23.8. The van der Waals surface area contributed by atoms with Crippen molar-refractivity contribution >= 4 is 67.3 Å². The Labute approximate surface area is 523 Å². The first-order valence-electron chi connectivity index (χ1n) is 30.0. The van der Waals surface area contributed by atoms with Crippen LogP contribution in [0.2, 0.25) is 0 Å². The van der Waals surface area contributed by atoms with E-state index in [-0.39, 0.29) is 35.0 Å². The first-order chi connectivity index (χ1) is 42.3. The van der Waals surface area contributed by atoms with E-state index in [9.17, 15) is 29.1 Å². The Hall–Kier alpha value is -7.35. The van der Waals surface area contributed by atoms with E-state index < -0.39 is 34.2 Å². The number of carbonyl (C=O) groups is 5. The molecule has 5 fully saturated rings. The summed E-state index contributed by atoms with van der Waals surface area (Å²) in [5.74, 6) is 0.746. The quantitative estimate of drug-likeness (QED) is 0.0377. The van der Waals surface area contributed by atoms with Crippen LogP contribution in [-0.4, -0.2) is 110 Å². The summed E-state index contributed by atoms with van der Waals surface area (Å²) in [6.07, 6.45) is 11.2. The summed E-state index contributed by atoms with van der Waals surface area (Å²) >= 11 is 3.27. The molecule has 0 spiro atoms. The second-order valence-electron chi connectivity index (χ2n) is 22.4. The summed E-state index contributed by atoms with van der Waals surface area (Å²) in [4.78, 5) is 56.4. The monoisotopic (exact) mass is 1270 g/mol. The van der Waals surface area contributed by atoms with Crippen LogP contribution in [0.1, 0.15) is 134 Å². The summed E-state index contributed by atoms with van der Waals surface area (Å²) < 4.78 is 47.3. The summed E-state index contributed by atoms with van der Waals surface area (Å²) in [6.45, 7) is 13.9. The number of hydrogen-bond acceptors (Lipinski definition) is 14. The molecule has 88 heavy (non-hydrogen) atoms. The largest absolute Gasteiger partial charge is 0.497 e. The first kappa shape index (κ1) is 68.1. The van der Waals surface area contributed by atoms with E-state index in [0.717, 1.165) is 118 Å². The smallest absolute Gasteiger partial charge is 0.314 e. The van der Waals surface area contributed by atoms with Crippen LogP contribution >= 0.6 is 15.9 Å². The van der Waals surface area contributed by atoms with Crippen molar-refractivity contribution in [2.45, 2.75) is 145 Å². The normalized spacial score (nSPS) is 16.6. The van der Waals surface area contributed by atoms with Crippen LogP contribution in [0.4, 0.5) is 0 Å². The minimum absolute atomic E-state index is 0.0694. The summed E-state index contributed by atoms with van der Waals surface area (Å²) in [7, 11) is 3.29. The average molecular weight is 1280 g/mol. The van der Waals surface area contributed by atoms with Gasteiger partial charge in [-0.1, -0.05) is 64.5 Å². The molecule has 5 aliphatic carbocycles. The van der Waals surface area contributed by atoms with Crippen LogP contribution in [0.5, 0.6) is 17.2 Å². The molecule has 0 unspecified atom stereocenters. The number of rotatable bonds is 24. The number of furan rings is 2. The summed E-state index contributed by atoms with van der Waals surface area (Å²) in [5, 5.41) is 30.3. The van der Waals surface area contributed by atoms with Gasteiger partial charge in [0.2, 0.25) is 0 Å². The highest BCUT2D eigenvalue weighted by Gasteiger charge is 2.54. The van der Waals surface area contributed by atoms with E-state index in [1.165, 1.54) is 0 Å². The predicted molar refractivity (Wildman–Crippen MR) is 337 cm³/mol. The Morgan fingerprint density at radius 3 is 1.01 bits per heavy atom. The van der Waals surface area contributed by atoms with Crippen LogP contribution in [-0.2, 0) is 70.0 Å². The molecule has 5 aliphatic rings. The highest BCUT2D eigenvalue weighted by molar-refractivity contribution is 9.09. The van der Waals surface area contributed by atoms with Crippen molar-refractivity contribution in [2.24, 2.45) is 0 Å². The van der Waals surface area contributed by atoms with Crippen molar-refractivity contribution in [3.63, 3.8) is 0 Å². The minimum Gasteiger partial charge on any atom is -0.497 e. The Bertz CT molecular complexity index is 3210. The lowest BCUT2D eigenvalue weighted by Gasteiger charge is -2.18. The molecule has 12 rings (SSSR count). The van der Waals surface area contributed by atoms with Crippen molar-refractivity contribution in [3.05, 3.63) is 162 Å². The molecule has 5 aromatic carbocycles. The lowest BCUT2D eigenvalue weighted by Crippen LogP contribution is -2.25. The summed E-state index contributed by atoms with van der Waals surface area (Å²) in [6, 6.07) is 37.8. The third-order valence-corrected chi connectivity index (χ3v) is 17.5. The molecule has 0 atom stereocenters. The molecule has 0 aliphatic heterocycles. The van der Waals surface area contributed by atoms with Gasteiger partial charge in [0.25, 0.3) is 0 Å². The Morgan fingerprint density at radius 2 is 0.727 bits per heavy atom. The zero-order valence-corrected chi connectivity index (χ0v) is 53.2. The number of benzene rings is 5. The second kappa shape index (κ2) is 30.7. The SMILES string of the molecule is CCOC(CBr)OCC.CCOC(COc1ccc(C2(C(=O)O)CC2)cc1)OCC.COc1ccc(C2(C(C)=O)CC2)cc1.COc1ccc(C2(C(C)=O)CC2)cc1.O=C(O)C1(c2ccc3occc3c2)CC1.O=C(O)C1(c2ccc3occc3c2)CC1. The number of carboxylic acid groups (broad SMARTS) is 3. The number of methoxy groups -OCH3 is 2. The third kappa shape index (κ3) is 16.7. The standard InChI is InChI=1S/C16H22O5.2C12H10O3.2C12H14O2.C6H13BrO2/c1-3-19-14(20-4-2)11-21-13-7-5-12(6-8-13)16(9-10-16)15(17)18;2*13-11(14)12(4-5-12)9-1-2-10-8(7-9)3-6-15-10;2*1-9(13)12(7-8-12)10-3-5-11(14-2)6-4-10;1-3-8-6(5-7)9-4-2/h5-8,14H,3-4,9-11H2,1-2H3,(H,17,18);2*1-3,6-7H,4-5H2,(H,13,14);2*3-6H,7-8H2,1-2H3;6H,3-5H2,1-2H3. The number of ketones is 2. The lowest BCUT2D eigenvalue weighted by atomic mass is 9.92. The van der Waals surface area contributed by atoms with Gasteiger partial charge in [0.1, 0.15) is 46.6 Å². The Morgan fingerprint density at radius 1 is 0.432 bits per heavy atom. The van der Waals surface area contributed by atoms with Crippen LogP contribution in [0.3, 0.4) is 0 Å². The number of Topliss-reactive ketones (excluding diaryl/α,β-unsaturated/α-hetero) is 2. The van der Waals surface area contributed by atoms with Gasteiger partial charge < -0.3 is 57.3 Å². The number of carbonyl (C=O) groups excluding carboxylic acids is 2. The molecule has 17 nitrogen and oxygen atoms in total. The number of halogens is 1. The molecule has 18 heteroatoms. The van der Waals surface area contributed by atoms with Gasteiger partial charge in [-0.2, -0.15) is 0 Å². The minimum atomic E-state index is -0.746. The predicted octanol–water partition coefficient (Wildman–Crippen LogP) is 14.1. The topological polar surface area (TPSA) is 237 Å². The van der Waals surface area contributed by atoms with Crippen LogP contribution in [0, 0.1) is 0 Å². The van der Waals surface area contributed by atoms with Gasteiger partial charge in [0.05, 0.1) is 59.2 Å². The molecule has 7 aromatic rings. The van der Waals surface area contributed by atoms with Gasteiger partial charge in [-0.15, -0.1) is 0 Å². The second-order valence-corrected chi connectivity index (χ2v) is 23.1. The van der Waals surface area contributed by atoms with Crippen molar-refractivity contribution in [3.8, 4) is 17.2 Å². The molecule has 3 N–H and O–H groups in total. The fraction of sp³-hybridized carbons (Fsp3) is 0.443. The summed E-state index contributed by atoms with van der Waals surface area (Å²) in [5.41, 5.74) is 4.27. The van der Waals surface area contributed by atoms with E-state index in [0.29, 0.717) is 51.6 Å². The van der Waals surface area contributed by atoms with Crippen LogP contribution in [0.25, 0.3) is 21.9 Å². The molecular weight excluding hydrogens is 1190 g/mol. The molecule has 0 radical (unpaired) electrons. The molecular formula is C70H83BrO17. The molecule has 2 aromatic heterocycles. The first-order valence-corrected chi connectivity index (χ1v) is 31.1. The maximum absolute atomic E-state index is 11.5. The molecule has 5 saturated carbocycles. The number of fused-ring (bicyclic) bond motifs is 2. The molecule has 0 bridgehead atoms. The Balaban J connectivity index is 0.000000153. The van der Waals surface area contributed by atoms with Crippen LogP contribution in [0.15, 0.2) is 143 Å². The molecule has 2 heterocycles. The van der Waals surface area contributed by atoms with E-state index in [1.54, 1.807) is 52.7 Å². The van der Waals surface area contributed by atoms with E-state index in [1.807, 2.05) is 137 Å². The van der Waals surface area contributed by atoms with Crippen molar-refractivity contribution in [1.29, 1.82) is 0 Å². The number of carboxylic acids is 3. The zero-order valence-electron chi connectivity index (χ0n) is 51.6. The number of hydrogen-bond donors (Lipinski definition) is 3.